The highest BCUT2D eigenvalue weighted by atomic mass is 32.1. The molecule has 5 heteroatoms. The second-order valence-corrected chi connectivity index (χ2v) is 3.52. The lowest BCUT2D eigenvalue weighted by atomic mass is 10.3. The van der Waals surface area contributed by atoms with Crippen LogP contribution in [0.1, 0.15) is 12.7 Å². The Labute approximate surface area is 79.4 Å². The van der Waals surface area contributed by atoms with E-state index in [4.69, 9.17) is 10.3 Å². The molecule has 2 N–H and O–H groups in total. The van der Waals surface area contributed by atoms with Crippen molar-refractivity contribution in [3.63, 3.8) is 0 Å². The number of nitrogens with two attached hydrogens (primary N) is 1. The molecule has 2 rings (SSSR count). The molecule has 68 valence electrons. The van der Waals surface area contributed by atoms with E-state index in [1.165, 1.54) is 11.3 Å². The van der Waals surface area contributed by atoms with Gasteiger partial charge in [-0.15, -0.1) is 11.3 Å². The molecular weight excluding hydrogens is 186 g/mol. The second-order valence-electron chi connectivity index (χ2n) is 2.57. The maximum Gasteiger partial charge on any atom is 0.260 e. The van der Waals surface area contributed by atoms with Crippen molar-refractivity contribution in [2.24, 2.45) is 0 Å². The van der Waals surface area contributed by atoms with E-state index in [2.05, 4.69) is 10.1 Å². The summed E-state index contributed by atoms with van der Waals surface area (Å²) in [5, 5.41) is 6.41. The molecule has 0 amide bonds. The summed E-state index contributed by atoms with van der Waals surface area (Å²) in [6.07, 6.45) is 0.771. The minimum absolute atomic E-state index is 0.510. The van der Waals surface area contributed by atoms with Crippen LogP contribution in [-0.2, 0) is 6.42 Å². The minimum Gasteiger partial charge on any atom is -0.390 e. The van der Waals surface area contributed by atoms with Crippen molar-refractivity contribution in [2.45, 2.75) is 13.3 Å². The lowest BCUT2D eigenvalue weighted by Gasteiger charge is -1.88. The number of aryl methyl sites for hydroxylation is 1. The number of hydrogen-bond donors (Lipinski definition) is 1. The second kappa shape index (κ2) is 3.18. The van der Waals surface area contributed by atoms with Crippen molar-refractivity contribution >= 4 is 16.3 Å². The molecule has 0 spiro atoms. The molecular formula is C8H9N3OS. The maximum atomic E-state index is 5.71. The van der Waals surface area contributed by atoms with Crippen LogP contribution in [0, 0.1) is 0 Å². The summed E-state index contributed by atoms with van der Waals surface area (Å²) in [6.45, 7) is 1.98. The fourth-order valence-corrected chi connectivity index (χ4v) is 1.64. The van der Waals surface area contributed by atoms with Gasteiger partial charge in [0.2, 0.25) is 0 Å². The van der Waals surface area contributed by atoms with Crippen LogP contribution in [0.3, 0.4) is 0 Å². The molecule has 0 atom stereocenters. The molecule has 2 heterocycles. The van der Waals surface area contributed by atoms with Gasteiger partial charge in [-0.1, -0.05) is 12.1 Å². The van der Waals surface area contributed by atoms with E-state index in [1.807, 2.05) is 18.4 Å². The summed E-state index contributed by atoms with van der Waals surface area (Å²) in [6, 6.07) is 1.88. The monoisotopic (exact) mass is 195 g/mol. The van der Waals surface area contributed by atoms with Crippen LogP contribution in [0.15, 0.2) is 16.0 Å². The Kier molecular flexibility index (Phi) is 2.02. The summed E-state index contributed by atoms with van der Waals surface area (Å²) < 4.78 is 5.05. The van der Waals surface area contributed by atoms with Crippen LogP contribution in [0.4, 0.5) is 5.00 Å². The summed E-state index contributed by atoms with van der Waals surface area (Å²) in [4.78, 5) is 4.18. The van der Waals surface area contributed by atoms with Gasteiger partial charge in [0.1, 0.15) is 0 Å². The Morgan fingerprint density at radius 1 is 1.62 bits per heavy atom. The molecule has 0 saturated carbocycles. The van der Waals surface area contributed by atoms with Gasteiger partial charge in [0.05, 0.1) is 10.6 Å². The van der Waals surface area contributed by atoms with Crippen LogP contribution >= 0.6 is 11.3 Å². The molecule has 13 heavy (non-hydrogen) atoms. The number of anilines is 1. The molecule has 2 aromatic rings. The fraction of sp³-hybridized carbons (Fsp3) is 0.250. The summed E-state index contributed by atoms with van der Waals surface area (Å²) in [5.41, 5.74) is 6.54. The molecule has 0 saturated heterocycles. The summed E-state index contributed by atoms with van der Waals surface area (Å²) in [7, 11) is 0. The van der Waals surface area contributed by atoms with E-state index in [0.717, 1.165) is 12.0 Å². The Morgan fingerprint density at radius 2 is 2.46 bits per heavy atom. The Hall–Kier alpha value is -1.36. The normalized spacial score (nSPS) is 10.5. The zero-order valence-electron chi connectivity index (χ0n) is 7.15. The van der Waals surface area contributed by atoms with E-state index < -0.39 is 0 Å². The lowest BCUT2D eigenvalue weighted by Crippen LogP contribution is -1.84. The predicted molar refractivity (Wildman–Crippen MR) is 51.4 cm³/mol. The van der Waals surface area contributed by atoms with Gasteiger partial charge in [0.15, 0.2) is 5.82 Å². The van der Waals surface area contributed by atoms with Gasteiger partial charge < -0.3 is 10.3 Å². The average Bonchev–Trinajstić information content (AvgIpc) is 2.71. The van der Waals surface area contributed by atoms with Gasteiger partial charge in [0, 0.05) is 6.42 Å². The fourth-order valence-electron chi connectivity index (χ4n) is 1.00. The SMILES string of the molecule is CCc1noc(-c2ccsc2N)n1. The molecule has 2 aromatic heterocycles. The van der Waals surface area contributed by atoms with Crippen LogP contribution in [0.25, 0.3) is 11.5 Å². The van der Waals surface area contributed by atoms with Crippen molar-refractivity contribution in [1.82, 2.24) is 10.1 Å². The molecule has 0 radical (unpaired) electrons. The highest BCUT2D eigenvalue weighted by molar-refractivity contribution is 7.14. The Balaban J connectivity index is 2.41. The zero-order valence-corrected chi connectivity index (χ0v) is 7.97. The predicted octanol–water partition coefficient (Wildman–Crippen LogP) is 1.94. The van der Waals surface area contributed by atoms with Crippen molar-refractivity contribution in [1.29, 1.82) is 0 Å². The molecule has 0 bridgehead atoms. The highest BCUT2D eigenvalue weighted by Crippen LogP contribution is 2.28. The van der Waals surface area contributed by atoms with E-state index in [0.29, 0.717) is 16.7 Å². The third-order valence-corrected chi connectivity index (χ3v) is 2.46. The van der Waals surface area contributed by atoms with Gasteiger partial charge in [-0.3, -0.25) is 0 Å². The van der Waals surface area contributed by atoms with Crippen molar-refractivity contribution in [3.8, 4) is 11.5 Å². The summed E-state index contributed by atoms with van der Waals surface area (Å²) in [5.74, 6) is 1.22. The van der Waals surface area contributed by atoms with Gasteiger partial charge in [-0.05, 0) is 11.4 Å². The zero-order chi connectivity index (χ0) is 9.26. The number of thiophene rings is 1. The third kappa shape index (κ3) is 1.42. The number of nitrogen functional groups attached to an aromatic ring is 1. The molecule has 0 aliphatic heterocycles. The lowest BCUT2D eigenvalue weighted by molar-refractivity contribution is 0.423. The number of hydrogen-bond acceptors (Lipinski definition) is 5. The molecule has 0 aromatic carbocycles. The van der Waals surface area contributed by atoms with Gasteiger partial charge >= 0.3 is 0 Å². The van der Waals surface area contributed by atoms with Crippen molar-refractivity contribution in [3.05, 3.63) is 17.3 Å². The Bertz CT molecular complexity index is 407. The maximum absolute atomic E-state index is 5.71. The van der Waals surface area contributed by atoms with E-state index in [1.54, 1.807) is 0 Å². The van der Waals surface area contributed by atoms with E-state index in [-0.39, 0.29) is 0 Å². The molecule has 4 nitrogen and oxygen atoms in total. The first kappa shape index (κ1) is 8.25. The van der Waals surface area contributed by atoms with Crippen LogP contribution < -0.4 is 5.73 Å². The summed E-state index contributed by atoms with van der Waals surface area (Å²) >= 11 is 1.47. The minimum atomic E-state index is 0.510. The van der Waals surface area contributed by atoms with Crippen LogP contribution in [0.5, 0.6) is 0 Å². The number of rotatable bonds is 2. The third-order valence-electron chi connectivity index (χ3n) is 1.71. The molecule has 0 aliphatic carbocycles. The van der Waals surface area contributed by atoms with Gasteiger partial charge in [-0.2, -0.15) is 4.98 Å². The quantitative estimate of drug-likeness (QED) is 0.795. The van der Waals surface area contributed by atoms with Crippen molar-refractivity contribution < 1.29 is 4.52 Å². The standard InChI is InChI=1S/C8H9N3OS/c1-2-6-10-8(12-11-6)5-3-4-13-7(5)9/h3-4H,2,9H2,1H3. The first-order valence-corrected chi connectivity index (χ1v) is 4.85. The van der Waals surface area contributed by atoms with E-state index in [9.17, 15) is 0 Å². The van der Waals surface area contributed by atoms with Gasteiger partial charge in [0.25, 0.3) is 5.89 Å². The average molecular weight is 195 g/mol. The van der Waals surface area contributed by atoms with Gasteiger partial charge in [-0.25, -0.2) is 0 Å². The largest absolute Gasteiger partial charge is 0.390 e. The molecule has 0 unspecified atom stereocenters. The van der Waals surface area contributed by atoms with Crippen LogP contribution in [-0.4, -0.2) is 10.1 Å². The number of nitrogens with zero attached hydrogens (tertiary/aromatic N) is 2. The smallest absolute Gasteiger partial charge is 0.260 e. The van der Waals surface area contributed by atoms with Crippen molar-refractivity contribution in [2.75, 3.05) is 5.73 Å². The first-order chi connectivity index (χ1) is 6.31. The Morgan fingerprint density at radius 3 is 3.00 bits per heavy atom. The highest BCUT2D eigenvalue weighted by Gasteiger charge is 2.11. The van der Waals surface area contributed by atoms with E-state index >= 15 is 0 Å². The number of aromatic nitrogens is 2. The molecule has 0 fully saturated rings. The van der Waals surface area contributed by atoms with Crippen LogP contribution in [0.2, 0.25) is 0 Å². The first-order valence-electron chi connectivity index (χ1n) is 3.97. The topological polar surface area (TPSA) is 64.9 Å². The molecule has 0 aliphatic rings.